The summed E-state index contributed by atoms with van der Waals surface area (Å²) in [6.07, 6.45) is 0.717. The van der Waals surface area contributed by atoms with E-state index in [0.717, 1.165) is 23.0 Å². The molecule has 0 saturated heterocycles. The molecule has 0 bridgehead atoms. The lowest BCUT2D eigenvalue weighted by atomic mass is 10.0. The first-order valence-electron chi connectivity index (χ1n) is 10.8. The van der Waals surface area contributed by atoms with E-state index in [0.29, 0.717) is 22.4 Å². The van der Waals surface area contributed by atoms with E-state index in [4.69, 9.17) is 16.3 Å². The van der Waals surface area contributed by atoms with E-state index in [9.17, 15) is 22.4 Å². The summed E-state index contributed by atoms with van der Waals surface area (Å²) in [5.74, 6) is -1.06. The molecule has 0 saturated carbocycles. The molecule has 0 atom stereocenters. The smallest absolute Gasteiger partial charge is 0.435 e. The average Bonchev–Trinajstić information content (AvgIpc) is 3.37. The summed E-state index contributed by atoms with van der Waals surface area (Å²) < 4.78 is 59.1. The molecule has 1 N–H and O–H groups in total. The van der Waals surface area contributed by atoms with Crippen LogP contribution < -0.4 is 5.32 Å². The Labute approximate surface area is 213 Å². The van der Waals surface area contributed by atoms with Crippen molar-refractivity contribution in [1.29, 1.82) is 0 Å². The van der Waals surface area contributed by atoms with Gasteiger partial charge in [-0.25, -0.2) is 18.9 Å². The van der Waals surface area contributed by atoms with Crippen molar-refractivity contribution in [2.24, 2.45) is 0 Å². The van der Waals surface area contributed by atoms with Crippen LogP contribution in [-0.4, -0.2) is 32.3 Å². The van der Waals surface area contributed by atoms with Crippen LogP contribution in [0.15, 0.2) is 67.0 Å². The van der Waals surface area contributed by atoms with Gasteiger partial charge in [0.1, 0.15) is 5.82 Å². The lowest BCUT2D eigenvalue weighted by Gasteiger charge is -2.12. The number of ether oxygens (including phenoxy) is 1. The van der Waals surface area contributed by atoms with Crippen LogP contribution in [0.3, 0.4) is 0 Å². The standard InChI is InChI=1S/C25H18ClF4N5O2/c1-2-37-22(36)9-6-15-4-3-5-16(12-15)18-14-31-24(32-17-7-8-20(27)19(26)13-17)33-23(18)35-11-10-21(34-35)25(28,29)30/h3-14H,2H2,1H3,(H,31,32,33)/b9-6+. The summed E-state index contributed by atoms with van der Waals surface area (Å²) in [6.45, 7) is 1.93. The van der Waals surface area contributed by atoms with Gasteiger partial charge in [-0.15, -0.1) is 0 Å². The molecule has 0 aliphatic rings. The van der Waals surface area contributed by atoms with Crippen molar-refractivity contribution in [2.45, 2.75) is 13.1 Å². The third-order valence-electron chi connectivity index (χ3n) is 4.94. The normalized spacial score (nSPS) is 11.6. The Morgan fingerprint density at radius 3 is 2.70 bits per heavy atom. The van der Waals surface area contributed by atoms with Gasteiger partial charge in [0.25, 0.3) is 0 Å². The second kappa shape index (κ2) is 10.8. The van der Waals surface area contributed by atoms with E-state index >= 15 is 0 Å². The number of alkyl halides is 3. The van der Waals surface area contributed by atoms with Gasteiger partial charge in [0.2, 0.25) is 5.95 Å². The molecule has 190 valence electrons. The minimum Gasteiger partial charge on any atom is -0.463 e. The van der Waals surface area contributed by atoms with Gasteiger partial charge in [-0.2, -0.15) is 23.3 Å². The zero-order chi connectivity index (χ0) is 26.6. The van der Waals surface area contributed by atoms with E-state index < -0.39 is 23.7 Å². The molecule has 0 aliphatic carbocycles. The highest BCUT2D eigenvalue weighted by Crippen LogP contribution is 2.31. The van der Waals surface area contributed by atoms with Crippen molar-refractivity contribution in [3.8, 4) is 16.9 Å². The number of aromatic nitrogens is 4. The van der Waals surface area contributed by atoms with Gasteiger partial charge in [-0.3, -0.25) is 0 Å². The van der Waals surface area contributed by atoms with E-state index in [1.807, 2.05) is 0 Å². The fourth-order valence-electron chi connectivity index (χ4n) is 3.27. The van der Waals surface area contributed by atoms with Crippen LogP contribution in [0.1, 0.15) is 18.2 Å². The molecule has 0 unspecified atom stereocenters. The number of hydrogen-bond acceptors (Lipinski definition) is 6. The van der Waals surface area contributed by atoms with Crippen LogP contribution in [0.25, 0.3) is 23.0 Å². The molecule has 2 aromatic carbocycles. The largest absolute Gasteiger partial charge is 0.463 e. The third-order valence-corrected chi connectivity index (χ3v) is 5.23. The number of nitrogens with one attached hydrogen (secondary N) is 1. The molecule has 0 fully saturated rings. The highest BCUT2D eigenvalue weighted by molar-refractivity contribution is 6.31. The van der Waals surface area contributed by atoms with Gasteiger partial charge >= 0.3 is 12.1 Å². The Morgan fingerprint density at radius 1 is 1.19 bits per heavy atom. The number of benzene rings is 2. The van der Waals surface area contributed by atoms with Crippen LogP contribution >= 0.6 is 11.6 Å². The second-order valence-corrected chi connectivity index (χ2v) is 7.95. The number of halogens is 5. The number of carbonyl (C=O) groups excluding carboxylic acids is 1. The lowest BCUT2D eigenvalue weighted by molar-refractivity contribution is -0.141. The Morgan fingerprint density at radius 2 is 2.00 bits per heavy atom. The monoisotopic (exact) mass is 531 g/mol. The Balaban J connectivity index is 1.76. The van der Waals surface area contributed by atoms with Gasteiger partial charge in [-0.05, 0) is 54.5 Å². The fourth-order valence-corrected chi connectivity index (χ4v) is 3.45. The van der Waals surface area contributed by atoms with Gasteiger partial charge < -0.3 is 10.1 Å². The van der Waals surface area contributed by atoms with E-state index in [1.165, 1.54) is 24.4 Å². The maximum Gasteiger partial charge on any atom is 0.435 e. The minimum absolute atomic E-state index is 0.0174. The fraction of sp³-hybridized carbons (Fsp3) is 0.120. The first-order valence-corrected chi connectivity index (χ1v) is 11.2. The Bertz CT molecular complexity index is 1470. The van der Waals surface area contributed by atoms with Crippen molar-refractivity contribution >= 4 is 35.3 Å². The van der Waals surface area contributed by atoms with Crippen LogP contribution in [0.4, 0.5) is 29.2 Å². The maximum absolute atomic E-state index is 13.5. The molecule has 0 aliphatic heterocycles. The summed E-state index contributed by atoms with van der Waals surface area (Å²) in [7, 11) is 0. The molecule has 12 heteroatoms. The first-order chi connectivity index (χ1) is 17.6. The Hall–Kier alpha value is -4.25. The van der Waals surface area contributed by atoms with Crippen molar-refractivity contribution in [3.05, 3.63) is 89.1 Å². The minimum atomic E-state index is -4.65. The zero-order valence-corrected chi connectivity index (χ0v) is 19.9. The molecule has 2 aromatic heterocycles. The zero-order valence-electron chi connectivity index (χ0n) is 19.1. The van der Waals surface area contributed by atoms with Crippen molar-refractivity contribution in [1.82, 2.24) is 19.7 Å². The third kappa shape index (κ3) is 6.31. The molecule has 0 spiro atoms. The summed E-state index contributed by atoms with van der Waals surface area (Å²) >= 11 is 5.82. The maximum atomic E-state index is 13.5. The number of nitrogens with zero attached hydrogens (tertiary/aromatic N) is 4. The van der Waals surface area contributed by atoms with Crippen LogP contribution in [0.5, 0.6) is 0 Å². The molecular formula is C25H18ClF4N5O2. The Kier molecular flexibility index (Phi) is 7.53. The number of esters is 1. The highest BCUT2D eigenvalue weighted by Gasteiger charge is 2.34. The first kappa shape index (κ1) is 25.8. The molecule has 4 aromatic rings. The van der Waals surface area contributed by atoms with E-state index in [-0.39, 0.29) is 23.4 Å². The highest BCUT2D eigenvalue weighted by atomic mass is 35.5. The summed E-state index contributed by atoms with van der Waals surface area (Å²) in [5, 5.41) is 6.37. The van der Waals surface area contributed by atoms with Crippen LogP contribution in [0, 0.1) is 5.82 Å². The van der Waals surface area contributed by atoms with Gasteiger partial charge in [0.15, 0.2) is 11.5 Å². The SMILES string of the molecule is CCOC(=O)/C=C/c1cccc(-c2cnc(Nc3ccc(F)c(Cl)c3)nc2-n2ccc(C(F)(F)F)n2)c1. The number of anilines is 2. The van der Waals surface area contributed by atoms with E-state index in [2.05, 4.69) is 20.4 Å². The number of hydrogen-bond donors (Lipinski definition) is 1. The topological polar surface area (TPSA) is 81.9 Å². The molecule has 7 nitrogen and oxygen atoms in total. The molecule has 4 rings (SSSR count). The number of rotatable bonds is 7. The molecule has 0 radical (unpaired) electrons. The van der Waals surface area contributed by atoms with Crippen molar-refractivity contribution < 1.29 is 27.1 Å². The number of carbonyl (C=O) groups is 1. The summed E-state index contributed by atoms with van der Waals surface area (Å²) in [4.78, 5) is 20.3. The van der Waals surface area contributed by atoms with E-state index in [1.54, 1.807) is 37.3 Å². The molecule has 2 heterocycles. The molecule has 0 amide bonds. The lowest BCUT2D eigenvalue weighted by Crippen LogP contribution is -2.10. The predicted molar refractivity (Wildman–Crippen MR) is 130 cm³/mol. The van der Waals surface area contributed by atoms with Crippen LogP contribution in [-0.2, 0) is 15.7 Å². The summed E-state index contributed by atoms with van der Waals surface area (Å²) in [5.41, 5.74) is 0.833. The molecular weight excluding hydrogens is 514 g/mol. The quantitative estimate of drug-likeness (QED) is 0.167. The average molecular weight is 532 g/mol. The summed E-state index contributed by atoms with van der Waals surface area (Å²) in [6, 6.07) is 11.6. The van der Waals surface area contributed by atoms with Gasteiger partial charge in [0.05, 0.1) is 11.6 Å². The van der Waals surface area contributed by atoms with Gasteiger partial charge in [-0.1, -0.05) is 29.8 Å². The van der Waals surface area contributed by atoms with Crippen LogP contribution in [0.2, 0.25) is 5.02 Å². The van der Waals surface area contributed by atoms with Gasteiger partial charge in [0, 0.05) is 29.7 Å². The second-order valence-electron chi connectivity index (χ2n) is 7.54. The predicted octanol–water partition coefficient (Wildman–Crippen LogP) is 6.46. The molecule has 37 heavy (non-hydrogen) atoms. The van der Waals surface area contributed by atoms with Crippen molar-refractivity contribution in [2.75, 3.05) is 11.9 Å². The van der Waals surface area contributed by atoms with Crippen molar-refractivity contribution in [3.63, 3.8) is 0 Å².